The summed E-state index contributed by atoms with van der Waals surface area (Å²) in [5, 5.41) is 0. The maximum Gasteiger partial charge on any atom is 0.266 e. The fraction of sp³-hybridized carbons (Fsp3) is 0.333. The van der Waals surface area contributed by atoms with Crippen LogP contribution in [0.25, 0.3) is 12.2 Å². The minimum atomic E-state index is -0.179. The summed E-state index contributed by atoms with van der Waals surface area (Å²) in [5.41, 5.74) is 1.34. The molecule has 0 radical (unpaired) electrons. The van der Waals surface area contributed by atoms with Gasteiger partial charge < -0.3 is 4.98 Å². The van der Waals surface area contributed by atoms with Gasteiger partial charge in [0.2, 0.25) is 0 Å². The molecule has 1 rings (SSSR count). The monoisotopic (exact) mass is 206 g/mol. The molecule has 0 atom stereocenters. The van der Waals surface area contributed by atoms with E-state index in [1.54, 1.807) is 0 Å². The van der Waals surface area contributed by atoms with Crippen LogP contribution < -0.4 is 5.56 Å². The van der Waals surface area contributed by atoms with Gasteiger partial charge in [-0.1, -0.05) is 26.0 Å². The lowest BCUT2D eigenvalue weighted by atomic mass is 10.2. The SMILES string of the molecule is C/C=C\c1ncc(=O)[nH]c1/C=C\C.CC. The number of H-pyrrole nitrogens is 1. The van der Waals surface area contributed by atoms with Crippen molar-refractivity contribution in [1.29, 1.82) is 0 Å². The van der Waals surface area contributed by atoms with E-state index >= 15 is 0 Å². The zero-order chi connectivity index (χ0) is 11.7. The molecule has 3 heteroatoms. The van der Waals surface area contributed by atoms with E-state index in [1.165, 1.54) is 6.20 Å². The third-order valence-electron chi connectivity index (χ3n) is 1.51. The number of hydrogen-bond acceptors (Lipinski definition) is 2. The highest BCUT2D eigenvalue weighted by atomic mass is 16.1. The summed E-state index contributed by atoms with van der Waals surface area (Å²) in [6.07, 6.45) is 8.70. The summed E-state index contributed by atoms with van der Waals surface area (Å²) in [6.45, 7) is 7.80. The highest BCUT2D eigenvalue weighted by molar-refractivity contribution is 5.58. The number of aromatic nitrogens is 2. The smallest absolute Gasteiger partial charge is 0.266 e. The lowest BCUT2D eigenvalue weighted by Gasteiger charge is -1.97. The van der Waals surface area contributed by atoms with Crippen LogP contribution in [0.2, 0.25) is 0 Å². The number of rotatable bonds is 2. The predicted molar refractivity (Wildman–Crippen MR) is 65.6 cm³/mol. The van der Waals surface area contributed by atoms with E-state index in [4.69, 9.17) is 0 Å². The molecule has 0 fully saturated rings. The summed E-state index contributed by atoms with van der Waals surface area (Å²) >= 11 is 0. The van der Waals surface area contributed by atoms with Crippen molar-refractivity contribution >= 4 is 12.2 Å². The van der Waals surface area contributed by atoms with Crippen LogP contribution in [0.3, 0.4) is 0 Å². The van der Waals surface area contributed by atoms with Gasteiger partial charge in [0.1, 0.15) is 0 Å². The van der Waals surface area contributed by atoms with Gasteiger partial charge >= 0.3 is 0 Å². The lowest BCUT2D eigenvalue weighted by Crippen LogP contribution is -2.08. The van der Waals surface area contributed by atoms with Crippen molar-refractivity contribution in [3.63, 3.8) is 0 Å². The van der Waals surface area contributed by atoms with Crippen LogP contribution in [0.5, 0.6) is 0 Å². The van der Waals surface area contributed by atoms with Crippen LogP contribution in [0.15, 0.2) is 23.1 Å². The van der Waals surface area contributed by atoms with E-state index in [2.05, 4.69) is 9.97 Å². The molecule has 0 aliphatic heterocycles. The van der Waals surface area contributed by atoms with Gasteiger partial charge in [0, 0.05) is 0 Å². The number of allylic oxidation sites excluding steroid dienone is 2. The van der Waals surface area contributed by atoms with Crippen molar-refractivity contribution in [2.75, 3.05) is 0 Å². The fourth-order valence-corrected chi connectivity index (χ4v) is 1.01. The van der Waals surface area contributed by atoms with E-state index in [0.29, 0.717) is 0 Å². The molecule has 0 saturated carbocycles. The second-order valence-electron chi connectivity index (χ2n) is 2.55. The van der Waals surface area contributed by atoms with Crippen LogP contribution >= 0.6 is 0 Å². The van der Waals surface area contributed by atoms with Gasteiger partial charge in [0.25, 0.3) is 5.56 Å². The number of aromatic amines is 1. The molecule has 1 aromatic heterocycles. The maximum absolute atomic E-state index is 10.9. The Morgan fingerprint density at radius 1 is 1.20 bits per heavy atom. The molecule has 0 spiro atoms. The van der Waals surface area contributed by atoms with Crippen LogP contribution in [0.4, 0.5) is 0 Å². The summed E-state index contributed by atoms with van der Waals surface area (Å²) < 4.78 is 0. The minimum Gasteiger partial charge on any atom is -0.319 e. The first kappa shape index (κ1) is 13.4. The Morgan fingerprint density at radius 2 is 1.80 bits per heavy atom. The molecule has 1 aromatic rings. The average molecular weight is 206 g/mol. The predicted octanol–water partition coefficient (Wildman–Crippen LogP) is 2.86. The highest BCUT2D eigenvalue weighted by Gasteiger charge is 1.96. The third kappa shape index (κ3) is 4.40. The molecule has 0 aromatic carbocycles. The Kier molecular flexibility index (Phi) is 6.89. The molecule has 82 valence electrons. The van der Waals surface area contributed by atoms with Crippen LogP contribution in [-0.4, -0.2) is 9.97 Å². The summed E-state index contributed by atoms with van der Waals surface area (Å²) in [5.74, 6) is 0. The molecule has 0 amide bonds. The average Bonchev–Trinajstić information content (AvgIpc) is 2.26. The molecule has 0 aliphatic carbocycles. The topological polar surface area (TPSA) is 45.8 Å². The van der Waals surface area contributed by atoms with Gasteiger partial charge in [-0.05, 0) is 26.0 Å². The van der Waals surface area contributed by atoms with Gasteiger partial charge in [0.15, 0.2) is 0 Å². The Hall–Kier alpha value is -1.64. The van der Waals surface area contributed by atoms with Gasteiger partial charge in [0.05, 0.1) is 17.6 Å². The van der Waals surface area contributed by atoms with Crippen LogP contribution in [0.1, 0.15) is 39.1 Å². The first-order chi connectivity index (χ1) is 7.27. The van der Waals surface area contributed by atoms with Gasteiger partial charge in [-0.2, -0.15) is 0 Å². The standard InChI is InChI=1S/C10H12N2O.C2H6/c1-3-5-8-9(6-4-2)12-10(13)7-11-8;1-2/h3-7H,1-2H3,(H,12,13);1-2H3/b5-3-,6-4-;. The number of nitrogens with one attached hydrogen (secondary N) is 1. The van der Waals surface area contributed by atoms with Crippen LogP contribution in [-0.2, 0) is 0 Å². The van der Waals surface area contributed by atoms with Gasteiger partial charge in [-0.15, -0.1) is 0 Å². The molecular weight excluding hydrogens is 188 g/mol. The summed E-state index contributed by atoms with van der Waals surface area (Å²) in [6, 6.07) is 0. The van der Waals surface area contributed by atoms with E-state index in [1.807, 2.05) is 52.0 Å². The Labute approximate surface area is 90.6 Å². The Bertz CT molecular complexity index is 389. The summed E-state index contributed by atoms with van der Waals surface area (Å²) in [7, 11) is 0. The molecule has 3 nitrogen and oxygen atoms in total. The largest absolute Gasteiger partial charge is 0.319 e. The van der Waals surface area contributed by atoms with Gasteiger partial charge in [-0.3, -0.25) is 4.79 Å². The van der Waals surface area contributed by atoms with E-state index < -0.39 is 0 Å². The first-order valence-electron chi connectivity index (χ1n) is 5.12. The molecule has 1 N–H and O–H groups in total. The van der Waals surface area contributed by atoms with Crippen molar-refractivity contribution in [3.8, 4) is 0 Å². The molecule has 0 bridgehead atoms. The molecule has 0 unspecified atom stereocenters. The lowest BCUT2D eigenvalue weighted by molar-refractivity contribution is 1.10. The van der Waals surface area contributed by atoms with Gasteiger partial charge in [-0.25, -0.2) is 4.98 Å². The molecule has 0 aliphatic rings. The fourth-order valence-electron chi connectivity index (χ4n) is 1.01. The molecule has 1 heterocycles. The van der Waals surface area contributed by atoms with Crippen molar-refractivity contribution in [3.05, 3.63) is 40.1 Å². The minimum absolute atomic E-state index is 0.179. The Balaban J connectivity index is 0.000000921. The normalized spacial score (nSPS) is 10.4. The van der Waals surface area contributed by atoms with Crippen molar-refractivity contribution in [2.24, 2.45) is 0 Å². The van der Waals surface area contributed by atoms with Crippen molar-refractivity contribution < 1.29 is 0 Å². The quantitative estimate of drug-likeness (QED) is 0.808. The van der Waals surface area contributed by atoms with E-state index in [9.17, 15) is 4.79 Å². The number of hydrogen-bond donors (Lipinski definition) is 1. The maximum atomic E-state index is 10.9. The second-order valence-corrected chi connectivity index (χ2v) is 2.55. The van der Waals surface area contributed by atoms with E-state index in [0.717, 1.165) is 11.4 Å². The van der Waals surface area contributed by atoms with Crippen molar-refractivity contribution in [2.45, 2.75) is 27.7 Å². The van der Waals surface area contributed by atoms with E-state index in [-0.39, 0.29) is 5.56 Å². The molecule has 0 saturated heterocycles. The zero-order valence-corrected chi connectivity index (χ0v) is 9.74. The summed E-state index contributed by atoms with van der Waals surface area (Å²) in [4.78, 5) is 17.7. The molecular formula is C12H18N2O. The first-order valence-corrected chi connectivity index (χ1v) is 5.12. The van der Waals surface area contributed by atoms with Crippen molar-refractivity contribution in [1.82, 2.24) is 9.97 Å². The third-order valence-corrected chi connectivity index (χ3v) is 1.51. The molecule has 15 heavy (non-hydrogen) atoms. The zero-order valence-electron chi connectivity index (χ0n) is 9.74. The second kappa shape index (κ2) is 7.74. The van der Waals surface area contributed by atoms with Crippen LogP contribution in [0, 0.1) is 0 Å². The number of nitrogens with zero attached hydrogens (tertiary/aromatic N) is 1. The highest BCUT2D eigenvalue weighted by Crippen LogP contribution is 2.03. The Morgan fingerprint density at radius 3 is 2.33 bits per heavy atom.